The molecule has 2 unspecified atom stereocenters. The lowest BCUT2D eigenvalue weighted by Gasteiger charge is -2.33. The summed E-state index contributed by atoms with van der Waals surface area (Å²) < 4.78 is 35.0. The predicted molar refractivity (Wildman–Crippen MR) is 123 cm³/mol. The number of benzene rings is 3. The molecule has 1 aliphatic heterocycles. The number of rotatable bonds is 8. The van der Waals surface area contributed by atoms with Gasteiger partial charge in [-0.15, -0.1) is 0 Å². The highest BCUT2D eigenvalue weighted by Gasteiger charge is 2.31. The minimum Gasteiger partial charge on any atom is -0.479 e. The van der Waals surface area contributed by atoms with Crippen LogP contribution in [0, 0.1) is 0 Å². The fourth-order valence-corrected chi connectivity index (χ4v) is 3.88. The number of alkyl halides is 2. The van der Waals surface area contributed by atoms with Crippen LogP contribution in [0.1, 0.15) is 30.5 Å². The van der Waals surface area contributed by atoms with Gasteiger partial charge in [0, 0.05) is 13.0 Å². The molecule has 2 amide bonds. The van der Waals surface area contributed by atoms with E-state index in [2.05, 4.69) is 10.1 Å². The third-order valence-corrected chi connectivity index (χ3v) is 5.51. The minimum absolute atomic E-state index is 0.0375. The second-order valence-electron chi connectivity index (χ2n) is 7.83. The van der Waals surface area contributed by atoms with Gasteiger partial charge in [0.2, 0.25) is 5.91 Å². The number of halogens is 2. The van der Waals surface area contributed by atoms with Crippen molar-refractivity contribution >= 4 is 17.5 Å². The quantitative estimate of drug-likeness (QED) is 0.523. The number of hydrogen-bond donors (Lipinski definition) is 1. The number of nitrogens with one attached hydrogen (secondary N) is 1. The van der Waals surface area contributed by atoms with Crippen molar-refractivity contribution in [2.24, 2.45) is 0 Å². The molecule has 1 aliphatic rings. The van der Waals surface area contributed by atoms with Crippen LogP contribution in [0.4, 0.5) is 14.5 Å². The maximum Gasteiger partial charge on any atom is 0.387 e. The van der Waals surface area contributed by atoms with Crippen molar-refractivity contribution in [3.8, 4) is 11.5 Å². The van der Waals surface area contributed by atoms with Crippen LogP contribution in [-0.2, 0) is 9.59 Å². The number of hydrogen-bond acceptors (Lipinski definition) is 4. The lowest BCUT2D eigenvalue weighted by Crippen LogP contribution is -2.46. The molecule has 0 radical (unpaired) electrons. The van der Waals surface area contributed by atoms with E-state index in [1.807, 2.05) is 42.5 Å². The Kier molecular flexibility index (Phi) is 7.06. The van der Waals surface area contributed by atoms with Crippen molar-refractivity contribution in [3.63, 3.8) is 0 Å². The summed E-state index contributed by atoms with van der Waals surface area (Å²) in [7, 11) is 0. The monoisotopic (exact) mass is 466 g/mol. The van der Waals surface area contributed by atoms with E-state index in [9.17, 15) is 18.4 Å². The van der Waals surface area contributed by atoms with E-state index >= 15 is 0 Å². The van der Waals surface area contributed by atoms with Crippen molar-refractivity contribution in [3.05, 3.63) is 90.0 Å². The largest absolute Gasteiger partial charge is 0.479 e. The summed E-state index contributed by atoms with van der Waals surface area (Å²) in [6, 6.07) is 22.2. The summed E-state index contributed by atoms with van der Waals surface area (Å²) in [5.74, 6) is 0.172. The van der Waals surface area contributed by atoms with Crippen molar-refractivity contribution in [1.82, 2.24) is 5.32 Å². The Hall–Kier alpha value is -3.94. The van der Waals surface area contributed by atoms with Crippen molar-refractivity contribution < 1.29 is 27.8 Å². The molecule has 1 N–H and O–H groups in total. The second-order valence-corrected chi connectivity index (χ2v) is 7.83. The topological polar surface area (TPSA) is 67.9 Å². The molecule has 34 heavy (non-hydrogen) atoms. The molecule has 1 heterocycles. The molecule has 6 nitrogen and oxygen atoms in total. The van der Waals surface area contributed by atoms with Crippen molar-refractivity contribution in [2.75, 3.05) is 11.4 Å². The Morgan fingerprint density at radius 3 is 2.35 bits per heavy atom. The molecule has 0 bridgehead atoms. The van der Waals surface area contributed by atoms with E-state index in [0.717, 1.165) is 5.56 Å². The maximum atomic E-state index is 13.0. The minimum atomic E-state index is -2.91. The van der Waals surface area contributed by atoms with Gasteiger partial charge >= 0.3 is 6.61 Å². The molecule has 0 fully saturated rings. The third kappa shape index (κ3) is 5.33. The van der Waals surface area contributed by atoms with Crippen LogP contribution in [0.2, 0.25) is 0 Å². The van der Waals surface area contributed by atoms with Crippen molar-refractivity contribution in [2.45, 2.75) is 32.1 Å². The fraction of sp³-hybridized carbons (Fsp3) is 0.231. The SMILES string of the molecule is CC1Oc2ccccc2N(CCC(=O)NC(c2ccccc2)c2ccc(OC(F)F)cc2)C1=O. The lowest BCUT2D eigenvalue weighted by molar-refractivity contribution is -0.125. The smallest absolute Gasteiger partial charge is 0.387 e. The average Bonchev–Trinajstić information content (AvgIpc) is 2.84. The van der Waals surface area contributed by atoms with Gasteiger partial charge in [0.25, 0.3) is 5.91 Å². The molecule has 4 rings (SSSR count). The van der Waals surface area contributed by atoms with Gasteiger partial charge in [0.15, 0.2) is 6.10 Å². The fourth-order valence-electron chi connectivity index (χ4n) is 3.88. The van der Waals surface area contributed by atoms with E-state index in [1.54, 1.807) is 36.1 Å². The number of carbonyl (C=O) groups excluding carboxylic acids is 2. The lowest BCUT2D eigenvalue weighted by atomic mass is 9.98. The average molecular weight is 466 g/mol. The molecule has 0 saturated heterocycles. The summed E-state index contributed by atoms with van der Waals surface area (Å²) in [4.78, 5) is 27.2. The van der Waals surface area contributed by atoms with Crippen LogP contribution in [0.25, 0.3) is 0 Å². The highest BCUT2D eigenvalue weighted by molar-refractivity contribution is 6.00. The molecule has 176 valence electrons. The zero-order valence-electron chi connectivity index (χ0n) is 18.5. The number of fused-ring (bicyclic) bond motifs is 1. The molecular formula is C26H24F2N2O4. The number of ether oxygens (including phenoxy) is 2. The summed E-state index contributed by atoms with van der Waals surface area (Å²) in [6.45, 7) is -1.04. The molecule has 2 atom stereocenters. The van der Waals surface area contributed by atoms with Crippen LogP contribution in [0.15, 0.2) is 78.9 Å². The van der Waals surface area contributed by atoms with Gasteiger partial charge in [-0.25, -0.2) is 0 Å². The number of carbonyl (C=O) groups is 2. The van der Waals surface area contributed by atoms with E-state index in [1.165, 1.54) is 12.1 Å². The number of amides is 2. The Morgan fingerprint density at radius 1 is 1.00 bits per heavy atom. The van der Waals surface area contributed by atoms with Gasteiger partial charge in [-0.1, -0.05) is 54.6 Å². The second kappa shape index (κ2) is 10.3. The van der Waals surface area contributed by atoms with E-state index in [-0.39, 0.29) is 30.5 Å². The van der Waals surface area contributed by atoms with Crippen LogP contribution in [-0.4, -0.2) is 31.1 Å². The van der Waals surface area contributed by atoms with Gasteiger partial charge in [-0.2, -0.15) is 8.78 Å². The molecule has 3 aromatic rings. The molecular weight excluding hydrogens is 442 g/mol. The summed E-state index contributed by atoms with van der Waals surface area (Å²) in [5, 5.41) is 3.00. The summed E-state index contributed by atoms with van der Waals surface area (Å²) >= 11 is 0. The molecule has 0 spiro atoms. The zero-order chi connectivity index (χ0) is 24.1. The molecule has 3 aromatic carbocycles. The molecule has 0 aliphatic carbocycles. The first-order chi connectivity index (χ1) is 16.4. The van der Waals surface area contributed by atoms with Gasteiger partial charge in [-0.05, 0) is 42.3 Å². The normalized spacial score (nSPS) is 15.9. The highest BCUT2D eigenvalue weighted by Crippen LogP contribution is 2.33. The maximum absolute atomic E-state index is 13.0. The number of anilines is 1. The first-order valence-corrected chi connectivity index (χ1v) is 10.9. The molecule has 0 saturated carbocycles. The van der Waals surface area contributed by atoms with Crippen molar-refractivity contribution in [1.29, 1.82) is 0 Å². The molecule has 8 heteroatoms. The van der Waals surface area contributed by atoms with Gasteiger partial charge in [-0.3, -0.25) is 9.59 Å². The first kappa shape index (κ1) is 23.2. The Balaban J connectivity index is 1.49. The third-order valence-electron chi connectivity index (χ3n) is 5.51. The first-order valence-electron chi connectivity index (χ1n) is 10.9. The van der Waals surface area contributed by atoms with E-state index in [0.29, 0.717) is 17.0 Å². The predicted octanol–water partition coefficient (Wildman–Crippen LogP) is 4.70. The Morgan fingerprint density at radius 2 is 1.65 bits per heavy atom. The van der Waals surface area contributed by atoms with Crippen LogP contribution < -0.4 is 19.7 Å². The Labute approximate surface area is 196 Å². The van der Waals surface area contributed by atoms with Crippen LogP contribution >= 0.6 is 0 Å². The number of para-hydroxylation sites is 2. The Bertz CT molecular complexity index is 1140. The van der Waals surface area contributed by atoms with Crippen LogP contribution in [0.3, 0.4) is 0 Å². The van der Waals surface area contributed by atoms with Gasteiger partial charge < -0.3 is 19.7 Å². The van der Waals surface area contributed by atoms with Crippen LogP contribution in [0.5, 0.6) is 11.5 Å². The zero-order valence-corrected chi connectivity index (χ0v) is 18.5. The van der Waals surface area contributed by atoms with Gasteiger partial charge in [0.1, 0.15) is 11.5 Å². The standard InChI is InChI=1S/C26H24F2N2O4/c1-17-25(32)30(21-9-5-6-10-22(21)33-17)16-15-23(31)29-24(18-7-3-2-4-8-18)19-11-13-20(14-12-19)34-26(27)28/h2-14,17,24,26H,15-16H2,1H3,(H,29,31). The number of nitrogens with zero attached hydrogens (tertiary/aromatic N) is 1. The highest BCUT2D eigenvalue weighted by atomic mass is 19.3. The van der Waals surface area contributed by atoms with Gasteiger partial charge in [0.05, 0.1) is 11.7 Å². The summed E-state index contributed by atoms with van der Waals surface area (Å²) in [5.41, 5.74) is 2.18. The van der Waals surface area contributed by atoms with E-state index in [4.69, 9.17) is 4.74 Å². The summed E-state index contributed by atoms with van der Waals surface area (Å²) in [6.07, 6.45) is -0.563. The molecule has 0 aromatic heterocycles. The van der Waals surface area contributed by atoms with E-state index < -0.39 is 18.8 Å².